The van der Waals surface area contributed by atoms with Crippen LogP contribution in [0.2, 0.25) is 0 Å². The normalized spacial score (nSPS) is 32.8. The molecule has 1 saturated carbocycles. The molecule has 1 aliphatic carbocycles. The Hall–Kier alpha value is -0.950. The van der Waals surface area contributed by atoms with Crippen molar-refractivity contribution in [3.63, 3.8) is 0 Å². The third-order valence-electron chi connectivity index (χ3n) is 4.29. The maximum atomic E-state index is 11.6. The minimum atomic E-state index is -0.814. The molecule has 0 spiro atoms. The van der Waals surface area contributed by atoms with Crippen LogP contribution in [0.1, 0.15) is 59.8 Å². The van der Waals surface area contributed by atoms with E-state index in [1.54, 1.807) is 13.0 Å². The number of allylic oxidation sites excluding steroid dienone is 1. The molecule has 0 unspecified atom stereocenters. The lowest BCUT2D eigenvalue weighted by Crippen LogP contribution is -2.48. The molecule has 2 N–H and O–H groups in total. The molecule has 6 heteroatoms. The Kier molecular flexibility index (Phi) is 6.07. The van der Waals surface area contributed by atoms with Gasteiger partial charge in [0.2, 0.25) is 0 Å². The molecule has 0 aromatic rings. The first-order valence-electron chi connectivity index (χ1n) is 8.69. The zero-order valence-electron chi connectivity index (χ0n) is 15.0. The summed E-state index contributed by atoms with van der Waals surface area (Å²) in [6.45, 7) is 7.27. The number of carbonyl (C=O) groups excluding carboxylic acids is 1. The monoisotopic (exact) mass is 342 g/mol. The topological polar surface area (TPSA) is 85.2 Å². The summed E-state index contributed by atoms with van der Waals surface area (Å²) in [6.07, 6.45) is 4.28. The van der Waals surface area contributed by atoms with Crippen molar-refractivity contribution in [3.05, 3.63) is 12.2 Å². The van der Waals surface area contributed by atoms with Crippen molar-refractivity contribution in [1.82, 2.24) is 0 Å². The van der Waals surface area contributed by atoms with E-state index in [4.69, 9.17) is 14.2 Å². The van der Waals surface area contributed by atoms with Gasteiger partial charge in [-0.15, -0.1) is 0 Å². The Morgan fingerprint density at radius 1 is 1.29 bits per heavy atom. The minimum absolute atomic E-state index is 0.264. The van der Waals surface area contributed by atoms with Gasteiger partial charge < -0.3 is 24.4 Å². The lowest BCUT2D eigenvalue weighted by atomic mass is 10.0. The fourth-order valence-electron chi connectivity index (χ4n) is 2.72. The number of rotatable bonds is 6. The summed E-state index contributed by atoms with van der Waals surface area (Å²) in [5.74, 6) is -0.345. The molecule has 138 valence electrons. The van der Waals surface area contributed by atoms with Crippen LogP contribution in [-0.2, 0) is 19.0 Å². The van der Waals surface area contributed by atoms with E-state index in [1.165, 1.54) is 6.08 Å². The highest BCUT2D eigenvalue weighted by molar-refractivity contribution is 5.82. The largest absolute Gasteiger partial charge is 0.457 e. The fourth-order valence-corrected chi connectivity index (χ4v) is 2.72. The van der Waals surface area contributed by atoms with Crippen LogP contribution in [0.5, 0.6) is 0 Å². The first-order chi connectivity index (χ1) is 11.1. The van der Waals surface area contributed by atoms with E-state index < -0.39 is 24.1 Å². The molecular weight excluding hydrogens is 312 g/mol. The number of carbonyl (C=O) groups is 1. The summed E-state index contributed by atoms with van der Waals surface area (Å²) < 4.78 is 16.8. The standard InChI is InChI=1S/C18H30O6/c1-12-13(19)11-14(20)16(22-12)24-18(9-10-18)8-6-5-7-15(21)23-17(2,3)4/h5,7,12-14,16,19-20H,6,8-11H2,1-4H3/b7-5+/t12-,13+,14+,16-/m0/s1. The van der Waals surface area contributed by atoms with Crippen LogP contribution in [0.25, 0.3) is 0 Å². The van der Waals surface area contributed by atoms with Crippen LogP contribution >= 0.6 is 0 Å². The zero-order valence-corrected chi connectivity index (χ0v) is 15.0. The Balaban J connectivity index is 1.76. The number of ether oxygens (including phenoxy) is 3. The summed E-state index contributed by atoms with van der Waals surface area (Å²) in [7, 11) is 0. The molecule has 0 bridgehead atoms. The maximum Gasteiger partial charge on any atom is 0.330 e. The molecule has 4 atom stereocenters. The summed E-state index contributed by atoms with van der Waals surface area (Å²) in [5.41, 5.74) is -0.774. The number of hydrogen-bond acceptors (Lipinski definition) is 6. The van der Waals surface area contributed by atoms with Gasteiger partial charge >= 0.3 is 5.97 Å². The second-order valence-corrected chi connectivity index (χ2v) is 7.86. The number of esters is 1. The fraction of sp³-hybridized carbons (Fsp3) is 0.833. The van der Waals surface area contributed by atoms with Crippen molar-refractivity contribution in [2.24, 2.45) is 0 Å². The average molecular weight is 342 g/mol. The van der Waals surface area contributed by atoms with Crippen LogP contribution in [-0.4, -0.2) is 52.0 Å². The molecule has 0 radical (unpaired) electrons. The second kappa shape index (κ2) is 7.52. The highest BCUT2D eigenvalue weighted by atomic mass is 16.7. The Morgan fingerprint density at radius 2 is 1.96 bits per heavy atom. The van der Waals surface area contributed by atoms with Gasteiger partial charge in [0.25, 0.3) is 0 Å². The molecular formula is C18H30O6. The predicted molar refractivity (Wildman–Crippen MR) is 88.2 cm³/mol. The number of hydrogen-bond donors (Lipinski definition) is 2. The van der Waals surface area contributed by atoms with E-state index in [0.717, 1.165) is 19.3 Å². The first kappa shape index (κ1) is 19.4. The first-order valence-corrected chi connectivity index (χ1v) is 8.69. The van der Waals surface area contributed by atoms with Crippen LogP contribution in [0.4, 0.5) is 0 Å². The average Bonchev–Trinajstić information content (AvgIpc) is 3.19. The molecule has 1 heterocycles. The highest BCUT2D eigenvalue weighted by Gasteiger charge is 2.48. The third-order valence-corrected chi connectivity index (χ3v) is 4.29. The van der Waals surface area contributed by atoms with Crippen LogP contribution in [0.15, 0.2) is 12.2 Å². The van der Waals surface area contributed by atoms with Crippen molar-refractivity contribution < 1.29 is 29.2 Å². The van der Waals surface area contributed by atoms with Crippen LogP contribution in [0.3, 0.4) is 0 Å². The predicted octanol–water partition coefficient (Wildman–Crippen LogP) is 2.07. The molecule has 0 amide bonds. The molecule has 0 aromatic carbocycles. The van der Waals surface area contributed by atoms with Crippen molar-refractivity contribution in [2.45, 2.75) is 95.6 Å². The summed E-state index contributed by atoms with van der Waals surface area (Å²) in [6, 6.07) is 0. The minimum Gasteiger partial charge on any atom is -0.457 e. The van der Waals surface area contributed by atoms with E-state index >= 15 is 0 Å². The van der Waals surface area contributed by atoms with Crippen LogP contribution in [0, 0.1) is 0 Å². The van der Waals surface area contributed by atoms with Crippen molar-refractivity contribution in [2.75, 3.05) is 0 Å². The van der Waals surface area contributed by atoms with Gasteiger partial charge in [-0.25, -0.2) is 4.79 Å². The zero-order chi connectivity index (χ0) is 18.0. The summed E-state index contributed by atoms with van der Waals surface area (Å²) in [4.78, 5) is 11.6. The lowest BCUT2D eigenvalue weighted by Gasteiger charge is -2.37. The van der Waals surface area contributed by atoms with Gasteiger partial charge in [0.15, 0.2) is 6.29 Å². The molecule has 1 aliphatic heterocycles. The molecule has 1 saturated heterocycles. The number of aliphatic hydroxyl groups excluding tert-OH is 2. The van der Waals surface area contributed by atoms with Crippen molar-refractivity contribution in [3.8, 4) is 0 Å². The van der Waals surface area contributed by atoms with E-state index in [2.05, 4.69) is 0 Å². The lowest BCUT2D eigenvalue weighted by molar-refractivity contribution is -0.281. The van der Waals surface area contributed by atoms with Gasteiger partial charge in [-0.2, -0.15) is 0 Å². The van der Waals surface area contributed by atoms with Gasteiger partial charge in [0.1, 0.15) is 11.7 Å². The molecule has 6 nitrogen and oxygen atoms in total. The van der Waals surface area contributed by atoms with Gasteiger partial charge in [0.05, 0.1) is 17.8 Å². The SMILES string of the molecule is C[C@@H]1O[C@@H](OC2(CC/C=C/C(=O)OC(C)(C)C)CC2)[C@H](O)C[C@H]1O. The third kappa shape index (κ3) is 5.84. The molecule has 2 aliphatic rings. The van der Waals surface area contributed by atoms with Gasteiger partial charge in [-0.1, -0.05) is 6.08 Å². The van der Waals surface area contributed by atoms with E-state index in [0.29, 0.717) is 6.42 Å². The molecule has 0 aromatic heterocycles. The van der Waals surface area contributed by atoms with Gasteiger partial charge in [0, 0.05) is 12.5 Å². The van der Waals surface area contributed by atoms with Crippen molar-refractivity contribution >= 4 is 5.97 Å². The van der Waals surface area contributed by atoms with E-state index in [9.17, 15) is 15.0 Å². The summed E-state index contributed by atoms with van der Waals surface area (Å²) in [5, 5.41) is 19.7. The van der Waals surface area contributed by atoms with Gasteiger partial charge in [-0.05, 0) is 53.4 Å². The van der Waals surface area contributed by atoms with Crippen LogP contribution < -0.4 is 0 Å². The molecule has 2 rings (SSSR count). The number of aliphatic hydroxyl groups is 2. The highest BCUT2D eigenvalue weighted by Crippen LogP contribution is 2.45. The maximum absolute atomic E-state index is 11.6. The Morgan fingerprint density at radius 3 is 2.54 bits per heavy atom. The van der Waals surface area contributed by atoms with E-state index in [-0.39, 0.29) is 24.1 Å². The Bertz CT molecular complexity index is 463. The summed E-state index contributed by atoms with van der Waals surface area (Å²) >= 11 is 0. The molecule has 24 heavy (non-hydrogen) atoms. The second-order valence-electron chi connectivity index (χ2n) is 7.86. The smallest absolute Gasteiger partial charge is 0.330 e. The quantitative estimate of drug-likeness (QED) is 0.568. The van der Waals surface area contributed by atoms with Crippen molar-refractivity contribution in [1.29, 1.82) is 0 Å². The molecule has 2 fully saturated rings. The van der Waals surface area contributed by atoms with E-state index in [1.807, 2.05) is 20.8 Å². The van der Waals surface area contributed by atoms with Gasteiger partial charge in [-0.3, -0.25) is 0 Å². The Labute approximate surface area is 143 Å².